The van der Waals surface area contributed by atoms with Gasteiger partial charge in [-0.2, -0.15) is 0 Å². The van der Waals surface area contributed by atoms with Crippen molar-refractivity contribution in [3.8, 4) is 11.1 Å². The van der Waals surface area contributed by atoms with Gasteiger partial charge in [0.15, 0.2) is 5.71 Å². The molecule has 0 saturated carbocycles. The number of nitrogens with one attached hydrogen (secondary N) is 1. The molecular weight excluding hydrogens is 242 g/mol. The van der Waals surface area contributed by atoms with Gasteiger partial charge in [0, 0.05) is 18.9 Å². The molecule has 2 aromatic carbocycles. The van der Waals surface area contributed by atoms with Gasteiger partial charge in [-0.25, -0.2) is 4.99 Å². The molecular formula is C16H16ClN. The van der Waals surface area contributed by atoms with Crippen LogP contribution < -0.4 is 17.4 Å². The van der Waals surface area contributed by atoms with Gasteiger partial charge in [0.1, 0.15) is 6.54 Å². The lowest BCUT2D eigenvalue weighted by Crippen LogP contribution is -3.00. The molecule has 1 heterocycles. The maximum absolute atomic E-state index is 3.43. The van der Waals surface area contributed by atoms with Crippen LogP contribution in [0.4, 0.5) is 0 Å². The second kappa shape index (κ2) is 5.36. The van der Waals surface area contributed by atoms with Gasteiger partial charge in [-0.15, -0.1) is 0 Å². The van der Waals surface area contributed by atoms with E-state index in [9.17, 15) is 0 Å². The lowest BCUT2D eigenvalue weighted by Gasteiger charge is -2.11. The Morgan fingerprint density at radius 1 is 0.944 bits per heavy atom. The summed E-state index contributed by atoms with van der Waals surface area (Å²) in [7, 11) is 0. The normalized spacial score (nSPS) is 13.3. The first-order valence-corrected chi connectivity index (χ1v) is 6.11. The Hall–Kier alpha value is -1.60. The van der Waals surface area contributed by atoms with Crippen LogP contribution in [0.25, 0.3) is 11.1 Å². The Morgan fingerprint density at radius 2 is 1.72 bits per heavy atom. The van der Waals surface area contributed by atoms with E-state index in [0.717, 1.165) is 13.0 Å². The number of hydrogen-bond acceptors (Lipinski definition) is 0. The lowest BCUT2D eigenvalue weighted by atomic mass is 9.94. The molecule has 0 bridgehead atoms. The zero-order valence-corrected chi connectivity index (χ0v) is 11.2. The Labute approximate surface area is 114 Å². The Bertz CT molecular complexity index is 573. The molecule has 0 atom stereocenters. The van der Waals surface area contributed by atoms with Crippen LogP contribution in [-0.4, -0.2) is 12.3 Å². The van der Waals surface area contributed by atoms with Crippen molar-refractivity contribution in [2.45, 2.75) is 13.3 Å². The van der Waals surface area contributed by atoms with E-state index in [1.54, 1.807) is 0 Å². The summed E-state index contributed by atoms with van der Waals surface area (Å²) in [5.41, 5.74) is 6.71. The largest absolute Gasteiger partial charge is 1.00 e. The molecule has 1 N–H and O–H groups in total. The predicted octanol–water partition coefficient (Wildman–Crippen LogP) is -1.20. The van der Waals surface area contributed by atoms with Gasteiger partial charge in [-0.05, 0) is 22.8 Å². The van der Waals surface area contributed by atoms with E-state index in [1.807, 2.05) is 0 Å². The van der Waals surface area contributed by atoms with Crippen molar-refractivity contribution >= 4 is 5.71 Å². The minimum Gasteiger partial charge on any atom is -1.00 e. The standard InChI is InChI=1S/C16H15N.ClH/c1-12-16-11-15(13-5-3-2-4-6-13)8-7-14(16)9-10-17-12;/h2-8,11H,9-10H2,1H3;1H. The predicted molar refractivity (Wildman–Crippen MR) is 71.2 cm³/mol. The van der Waals surface area contributed by atoms with Gasteiger partial charge in [0.2, 0.25) is 0 Å². The molecule has 0 fully saturated rings. The molecule has 92 valence electrons. The van der Waals surface area contributed by atoms with Crippen molar-refractivity contribution < 1.29 is 17.4 Å². The molecule has 3 rings (SSSR count). The van der Waals surface area contributed by atoms with Crippen molar-refractivity contribution in [1.29, 1.82) is 0 Å². The molecule has 0 unspecified atom stereocenters. The molecule has 0 aliphatic carbocycles. The third-order valence-corrected chi connectivity index (χ3v) is 3.41. The summed E-state index contributed by atoms with van der Waals surface area (Å²) in [6.45, 7) is 3.22. The number of hydrogen-bond donors (Lipinski definition) is 1. The summed E-state index contributed by atoms with van der Waals surface area (Å²) >= 11 is 0. The van der Waals surface area contributed by atoms with E-state index in [4.69, 9.17) is 0 Å². The third-order valence-electron chi connectivity index (χ3n) is 3.41. The molecule has 0 aromatic heterocycles. The van der Waals surface area contributed by atoms with Crippen LogP contribution in [-0.2, 0) is 6.42 Å². The molecule has 18 heavy (non-hydrogen) atoms. The van der Waals surface area contributed by atoms with E-state index in [1.165, 1.54) is 28.0 Å². The molecule has 0 amide bonds. The molecule has 0 spiro atoms. The summed E-state index contributed by atoms with van der Waals surface area (Å²) in [5, 5.41) is 0. The minimum atomic E-state index is 0. The maximum Gasteiger partial charge on any atom is 0.178 e. The fraction of sp³-hybridized carbons (Fsp3) is 0.188. The highest BCUT2D eigenvalue weighted by Crippen LogP contribution is 2.23. The second-order valence-corrected chi connectivity index (χ2v) is 4.54. The van der Waals surface area contributed by atoms with E-state index < -0.39 is 0 Å². The third kappa shape index (κ3) is 2.32. The zero-order valence-electron chi connectivity index (χ0n) is 10.4. The first kappa shape index (κ1) is 12.8. The van der Waals surface area contributed by atoms with Crippen molar-refractivity contribution in [3.63, 3.8) is 0 Å². The van der Waals surface area contributed by atoms with Crippen molar-refractivity contribution in [3.05, 3.63) is 59.7 Å². The van der Waals surface area contributed by atoms with Gasteiger partial charge in [-0.1, -0.05) is 42.5 Å². The Morgan fingerprint density at radius 3 is 2.50 bits per heavy atom. The molecule has 0 saturated heterocycles. The van der Waals surface area contributed by atoms with Crippen LogP contribution in [0.3, 0.4) is 0 Å². The SMILES string of the molecule is CC1=[NH+]CCc2ccc(-c3ccccc3)cc21.[Cl-]. The minimum absolute atomic E-state index is 0. The topological polar surface area (TPSA) is 14.0 Å². The van der Waals surface area contributed by atoms with Crippen LogP contribution in [0.15, 0.2) is 48.5 Å². The van der Waals surface area contributed by atoms with E-state index in [-0.39, 0.29) is 12.4 Å². The summed E-state index contributed by atoms with van der Waals surface area (Å²) in [5.74, 6) is 0. The van der Waals surface area contributed by atoms with Crippen molar-refractivity contribution in [1.82, 2.24) is 0 Å². The monoisotopic (exact) mass is 257 g/mol. The highest BCUT2D eigenvalue weighted by atomic mass is 35.5. The van der Waals surface area contributed by atoms with Crippen LogP contribution >= 0.6 is 0 Å². The van der Waals surface area contributed by atoms with Crippen LogP contribution in [0.2, 0.25) is 0 Å². The van der Waals surface area contributed by atoms with Gasteiger partial charge in [0.25, 0.3) is 0 Å². The van der Waals surface area contributed by atoms with Gasteiger partial charge in [-0.3, -0.25) is 0 Å². The zero-order chi connectivity index (χ0) is 11.7. The lowest BCUT2D eigenvalue weighted by molar-refractivity contribution is -0.458. The summed E-state index contributed by atoms with van der Waals surface area (Å²) in [6.07, 6.45) is 1.13. The summed E-state index contributed by atoms with van der Waals surface area (Å²) in [4.78, 5) is 3.43. The number of fused-ring (bicyclic) bond motifs is 1. The Kier molecular flexibility index (Phi) is 3.83. The smallest absolute Gasteiger partial charge is 0.178 e. The first-order valence-electron chi connectivity index (χ1n) is 6.11. The molecule has 2 aromatic rings. The van der Waals surface area contributed by atoms with Crippen molar-refractivity contribution in [2.75, 3.05) is 6.54 Å². The molecule has 0 radical (unpaired) electrons. The molecule has 1 aliphatic rings. The van der Waals surface area contributed by atoms with Gasteiger partial charge >= 0.3 is 0 Å². The van der Waals surface area contributed by atoms with Crippen LogP contribution in [0, 0.1) is 0 Å². The van der Waals surface area contributed by atoms with E-state index in [0.29, 0.717) is 0 Å². The van der Waals surface area contributed by atoms with E-state index >= 15 is 0 Å². The number of rotatable bonds is 1. The van der Waals surface area contributed by atoms with Crippen LogP contribution in [0.1, 0.15) is 18.1 Å². The van der Waals surface area contributed by atoms with E-state index in [2.05, 4.69) is 60.4 Å². The second-order valence-electron chi connectivity index (χ2n) is 4.54. The Balaban J connectivity index is 0.00000120. The number of benzene rings is 2. The summed E-state index contributed by atoms with van der Waals surface area (Å²) in [6, 6.07) is 17.3. The van der Waals surface area contributed by atoms with Gasteiger partial charge < -0.3 is 12.4 Å². The van der Waals surface area contributed by atoms with Gasteiger partial charge in [0.05, 0.1) is 0 Å². The van der Waals surface area contributed by atoms with Crippen molar-refractivity contribution in [2.24, 2.45) is 0 Å². The summed E-state index contributed by atoms with van der Waals surface area (Å²) < 4.78 is 0. The fourth-order valence-electron chi connectivity index (χ4n) is 2.43. The molecule has 2 heteroatoms. The maximum atomic E-state index is 3.43. The quantitative estimate of drug-likeness (QED) is 0.660. The highest BCUT2D eigenvalue weighted by Gasteiger charge is 2.15. The fourth-order valence-corrected chi connectivity index (χ4v) is 2.43. The van der Waals surface area contributed by atoms with Crippen LogP contribution in [0.5, 0.6) is 0 Å². The molecule has 1 aliphatic heterocycles. The average molecular weight is 258 g/mol. The molecule has 1 nitrogen and oxygen atoms in total. The highest BCUT2D eigenvalue weighted by molar-refractivity contribution is 5.97. The first-order chi connectivity index (χ1) is 8.34. The number of halogens is 1. The average Bonchev–Trinajstić information content (AvgIpc) is 2.40.